The van der Waals surface area contributed by atoms with Crippen molar-refractivity contribution >= 4 is 17.3 Å². The lowest BCUT2D eigenvalue weighted by Crippen LogP contribution is -2.25. The van der Waals surface area contributed by atoms with E-state index in [-0.39, 0.29) is 0 Å². The molecule has 0 heterocycles. The quantitative estimate of drug-likeness (QED) is 0.690. The first-order chi connectivity index (χ1) is 8.82. The molecule has 0 atom stereocenters. The van der Waals surface area contributed by atoms with Gasteiger partial charge in [-0.1, -0.05) is 27.7 Å². The third-order valence-electron chi connectivity index (χ3n) is 3.55. The molecule has 19 heavy (non-hydrogen) atoms. The molecular weight excluding hydrogens is 238 g/mol. The summed E-state index contributed by atoms with van der Waals surface area (Å²) in [7, 11) is 0. The smallest absolute Gasteiger partial charge is 0.250 e. The highest BCUT2D eigenvalue weighted by Gasteiger charge is 2.18. The van der Waals surface area contributed by atoms with Crippen LogP contribution in [-0.4, -0.2) is 12.5 Å². The van der Waals surface area contributed by atoms with Crippen molar-refractivity contribution in [3.05, 3.63) is 23.8 Å². The van der Waals surface area contributed by atoms with E-state index in [0.29, 0.717) is 29.0 Å². The Balaban J connectivity index is 2.87. The average molecular weight is 263 g/mol. The lowest BCUT2D eigenvalue weighted by Gasteiger charge is -2.26. The van der Waals surface area contributed by atoms with Crippen LogP contribution < -0.4 is 16.8 Å². The molecule has 0 aromatic heterocycles. The van der Waals surface area contributed by atoms with Crippen LogP contribution in [0.4, 0.5) is 11.4 Å². The highest BCUT2D eigenvalue weighted by Crippen LogP contribution is 2.24. The van der Waals surface area contributed by atoms with Crippen molar-refractivity contribution in [1.29, 1.82) is 0 Å². The molecule has 0 aliphatic rings. The van der Waals surface area contributed by atoms with Crippen LogP contribution in [0, 0.1) is 17.8 Å². The molecular formula is C15H25N3O. The minimum absolute atomic E-state index is 0.437. The molecule has 0 fully saturated rings. The van der Waals surface area contributed by atoms with Crippen molar-refractivity contribution in [1.82, 2.24) is 0 Å². The zero-order valence-corrected chi connectivity index (χ0v) is 12.2. The summed E-state index contributed by atoms with van der Waals surface area (Å²) in [4.78, 5) is 11.4. The zero-order valence-electron chi connectivity index (χ0n) is 12.2. The molecule has 5 N–H and O–H groups in total. The van der Waals surface area contributed by atoms with Crippen molar-refractivity contribution in [2.75, 3.05) is 17.6 Å². The fraction of sp³-hybridized carbons (Fsp3) is 0.533. The van der Waals surface area contributed by atoms with Crippen LogP contribution in [0.5, 0.6) is 0 Å². The van der Waals surface area contributed by atoms with Gasteiger partial charge in [0.05, 0.1) is 5.56 Å². The molecule has 106 valence electrons. The number of nitrogen functional groups attached to an aromatic ring is 1. The molecule has 1 amide bonds. The number of carbonyl (C=O) groups is 1. The van der Waals surface area contributed by atoms with Gasteiger partial charge in [-0.05, 0) is 36.0 Å². The van der Waals surface area contributed by atoms with Gasteiger partial charge >= 0.3 is 0 Å². The number of amides is 1. The van der Waals surface area contributed by atoms with Crippen molar-refractivity contribution in [3.8, 4) is 0 Å². The summed E-state index contributed by atoms with van der Waals surface area (Å²) in [5.74, 6) is 1.24. The molecule has 4 nitrogen and oxygen atoms in total. The molecule has 0 saturated heterocycles. The third-order valence-corrected chi connectivity index (χ3v) is 3.55. The molecule has 0 unspecified atom stereocenters. The number of nitrogens with one attached hydrogen (secondary N) is 1. The number of carbonyl (C=O) groups excluding carboxylic acids is 1. The van der Waals surface area contributed by atoms with E-state index in [2.05, 4.69) is 33.0 Å². The first kappa shape index (κ1) is 15.3. The maximum atomic E-state index is 11.4. The van der Waals surface area contributed by atoms with Gasteiger partial charge in [-0.3, -0.25) is 4.79 Å². The van der Waals surface area contributed by atoms with E-state index in [1.807, 2.05) is 0 Å². The Morgan fingerprint density at radius 2 is 1.79 bits per heavy atom. The second kappa shape index (κ2) is 6.45. The lowest BCUT2D eigenvalue weighted by atomic mass is 9.85. The molecule has 1 aromatic rings. The Kier molecular flexibility index (Phi) is 5.21. The second-order valence-electron chi connectivity index (χ2n) is 5.70. The number of benzene rings is 1. The van der Waals surface area contributed by atoms with Crippen molar-refractivity contribution < 1.29 is 4.79 Å². The Hall–Kier alpha value is -1.71. The van der Waals surface area contributed by atoms with E-state index in [0.717, 1.165) is 12.2 Å². The number of hydrogen-bond donors (Lipinski definition) is 3. The SMILES string of the molecule is CC(C)C(CNc1cc(N)ccc1C(N)=O)C(C)C. The monoisotopic (exact) mass is 263 g/mol. The lowest BCUT2D eigenvalue weighted by molar-refractivity contribution is 0.100. The standard InChI is InChI=1S/C15H25N3O/c1-9(2)13(10(3)4)8-18-14-7-11(16)5-6-12(14)15(17)19/h5-7,9-10,13,18H,8,16H2,1-4H3,(H2,17,19). The van der Waals surface area contributed by atoms with Crippen LogP contribution in [0.3, 0.4) is 0 Å². The van der Waals surface area contributed by atoms with Gasteiger partial charge in [0.25, 0.3) is 5.91 Å². The highest BCUT2D eigenvalue weighted by molar-refractivity contribution is 5.99. The van der Waals surface area contributed by atoms with E-state index in [4.69, 9.17) is 11.5 Å². The Morgan fingerprint density at radius 1 is 1.21 bits per heavy atom. The number of hydrogen-bond acceptors (Lipinski definition) is 3. The van der Waals surface area contributed by atoms with Crippen molar-refractivity contribution in [3.63, 3.8) is 0 Å². The molecule has 0 radical (unpaired) electrons. The van der Waals surface area contributed by atoms with Crippen LogP contribution in [0.1, 0.15) is 38.1 Å². The number of nitrogens with two attached hydrogens (primary N) is 2. The van der Waals surface area contributed by atoms with Gasteiger partial charge in [0, 0.05) is 17.9 Å². The molecule has 1 rings (SSSR count). The fourth-order valence-electron chi connectivity index (χ4n) is 2.39. The minimum atomic E-state index is -0.437. The summed E-state index contributed by atoms with van der Waals surface area (Å²) in [6.45, 7) is 9.64. The fourth-order valence-corrected chi connectivity index (χ4v) is 2.39. The molecule has 0 aliphatic carbocycles. The summed E-state index contributed by atoms with van der Waals surface area (Å²) in [6.07, 6.45) is 0. The van der Waals surface area contributed by atoms with Crippen molar-refractivity contribution in [2.45, 2.75) is 27.7 Å². The first-order valence-electron chi connectivity index (χ1n) is 6.76. The summed E-state index contributed by atoms with van der Waals surface area (Å²) >= 11 is 0. The van der Waals surface area contributed by atoms with Gasteiger partial charge < -0.3 is 16.8 Å². The minimum Gasteiger partial charge on any atom is -0.399 e. The summed E-state index contributed by atoms with van der Waals surface area (Å²) in [6, 6.07) is 5.12. The first-order valence-corrected chi connectivity index (χ1v) is 6.76. The molecule has 0 saturated carbocycles. The van der Waals surface area contributed by atoms with Gasteiger partial charge in [0.2, 0.25) is 0 Å². The van der Waals surface area contributed by atoms with Crippen LogP contribution in [-0.2, 0) is 0 Å². The van der Waals surface area contributed by atoms with Gasteiger partial charge in [-0.15, -0.1) is 0 Å². The maximum Gasteiger partial charge on any atom is 0.250 e. The third kappa shape index (κ3) is 4.16. The largest absolute Gasteiger partial charge is 0.399 e. The number of anilines is 2. The normalized spacial score (nSPS) is 11.3. The average Bonchev–Trinajstić information content (AvgIpc) is 2.27. The van der Waals surface area contributed by atoms with Gasteiger partial charge in [-0.2, -0.15) is 0 Å². The Labute approximate surface area is 115 Å². The predicted molar refractivity (Wildman–Crippen MR) is 81.0 cm³/mol. The molecule has 4 heteroatoms. The Bertz CT molecular complexity index is 433. The topological polar surface area (TPSA) is 81.1 Å². The van der Waals surface area contributed by atoms with Gasteiger partial charge in [-0.25, -0.2) is 0 Å². The molecule has 1 aromatic carbocycles. The Morgan fingerprint density at radius 3 is 2.26 bits per heavy atom. The molecule has 0 spiro atoms. The van der Waals surface area contributed by atoms with Crippen LogP contribution in [0.25, 0.3) is 0 Å². The number of primary amides is 1. The van der Waals surface area contributed by atoms with Crippen LogP contribution in [0.2, 0.25) is 0 Å². The van der Waals surface area contributed by atoms with Gasteiger partial charge in [0.1, 0.15) is 0 Å². The molecule has 0 aliphatic heterocycles. The summed E-state index contributed by atoms with van der Waals surface area (Å²) < 4.78 is 0. The van der Waals surface area contributed by atoms with Crippen LogP contribution in [0.15, 0.2) is 18.2 Å². The number of rotatable bonds is 6. The van der Waals surface area contributed by atoms with E-state index >= 15 is 0 Å². The van der Waals surface area contributed by atoms with Crippen LogP contribution >= 0.6 is 0 Å². The highest BCUT2D eigenvalue weighted by atomic mass is 16.1. The van der Waals surface area contributed by atoms with E-state index in [9.17, 15) is 4.79 Å². The van der Waals surface area contributed by atoms with E-state index in [1.54, 1.807) is 18.2 Å². The second-order valence-corrected chi connectivity index (χ2v) is 5.70. The van der Waals surface area contributed by atoms with Crippen molar-refractivity contribution in [2.24, 2.45) is 23.5 Å². The summed E-state index contributed by atoms with van der Waals surface area (Å²) in [5, 5.41) is 3.32. The molecule has 0 bridgehead atoms. The van der Waals surface area contributed by atoms with E-state index < -0.39 is 5.91 Å². The van der Waals surface area contributed by atoms with E-state index in [1.165, 1.54) is 0 Å². The predicted octanol–water partition coefficient (Wildman–Crippen LogP) is 2.71. The van der Waals surface area contributed by atoms with Gasteiger partial charge in [0.15, 0.2) is 0 Å². The maximum absolute atomic E-state index is 11.4. The zero-order chi connectivity index (χ0) is 14.6. The summed E-state index contributed by atoms with van der Waals surface area (Å²) in [5.41, 5.74) is 13.0.